The van der Waals surface area contributed by atoms with Crippen LogP contribution in [0.5, 0.6) is 0 Å². The molecular formula is C9H10N4O2S. The predicted molar refractivity (Wildman–Crippen MR) is 60.7 cm³/mol. The number of hydrogen-bond acceptors (Lipinski definition) is 5. The van der Waals surface area contributed by atoms with E-state index in [0.717, 1.165) is 0 Å². The standard InChI is InChI=1S/C9H10N4O2S/c10-8(14)12-3-5-1-2-7(15-5)6-4-16-9(11)13-6/h1-2,4H,3H2,(H2,11,13)(H3,10,12,14). The number of carbonyl (C=O) groups excluding carboxylic acids is 1. The number of furan rings is 1. The monoisotopic (exact) mass is 238 g/mol. The molecule has 0 aliphatic carbocycles. The lowest BCUT2D eigenvalue weighted by Crippen LogP contribution is -2.28. The number of urea groups is 1. The van der Waals surface area contributed by atoms with Crippen molar-refractivity contribution in [2.75, 3.05) is 5.73 Å². The molecule has 2 aromatic rings. The largest absolute Gasteiger partial charge is 0.458 e. The molecule has 2 amide bonds. The lowest BCUT2D eigenvalue weighted by molar-refractivity contribution is 0.247. The van der Waals surface area contributed by atoms with Crippen molar-refractivity contribution < 1.29 is 9.21 Å². The van der Waals surface area contributed by atoms with E-state index in [9.17, 15) is 4.79 Å². The number of primary amides is 1. The summed E-state index contributed by atoms with van der Waals surface area (Å²) < 4.78 is 5.45. The van der Waals surface area contributed by atoms with E-state index in [1.807, 2.05) is 0 Å². The number of aromatic nitrogens is 1. The van der Waals surface area contributed by atoms with Crippen LogP contribution in [-0.2, 0) is 6.54 Å². The number of nitrogen functional groups attached to an aromatic ring is 1. The summed E-state index contributed by atoms with van der Waals surface area (Å²) >= 11 is 1.34. The molecule has 84 valence electrons. The van der Waals surface area contributed by atoms with Crippen LogP contribution in [0.4, 0.5) is 9.93 Å². The van der Waals surface area contributed by atoms with Crippen molar-refractivity contribution in [1.82, 2.24) is 10.3 Å². The third-order valence-electron chi connectivity index (χ3n) is 1.87. The van der Waals surface area contributed by atoms with Crippen LogP contribution in [0.25, 0.3) is 11.5 Å². The molecule has 0 saturated carbocycles. The fourth-order valence-corrected chi connectivity index (χ4v) is 1.74. The molecule has 0 radical (unpaired) electrons. The van der Waals surface area contributed by atoms with E-state index in [-0.39, 0.29) is 6.54 Å². The van der Waals surface area contributed by atoms with Crippen LogP contribution in [-0.4, -0.2) is 11.0 Å². The van der Waals surface area contributed by atoms with Crippen LogP contribution in [0.2, 0.25) is 0 Å². The Morgan fingerprint density at radius 3 is 3.00 bits per heavy atom. The van der Waals surface area contributed by atoms with Crippen LogP contribution >= 0.6 is 11.3 Å². The first-order chi connectivity index (χ1) is 7.65. The quantitative estimate of drug-likeness (QED) is 0.745. The highest BCUT2D eigenvalue weighted by atomic mass is 32.1. The van der Waals surface area contributed by atoms with Crippen LogP contribution in [0.3, 0.4) is 0 Å². The van der Waals surface area contributed by atoms with Gasteiger partial charge in [-0.1, -0.05) is 0 Å². The molecule has 16 heavy (non-hydrogen) atoms. The van der Waals surface area contributed by atoms with Gasteiger partial charge in [-0.05, 0) is 12.1 Å². The molecule has 2 heterocycles. The summed E-state index contributed by atoms with van der Waals surface area (Å²) in [7, 11) is 0. The Hall–Kier alpha value is -2.02. The number of carbonyl (C=O) groups is 1. The van der Waals surface area contributed by atoms with Gasteiger partial charge in [-0.25, -0.2) is 9.78 Å². The number of rotatable bonds is 3. The molecule has 0 spiro atoms. The molecule has 0 saturated heterocycles. The van der Waals surface area contributed by atoms with Gasteiger partial charge in [-0.15, -0.1) is 11.3 Å². The van der Waals surface area contributed by atoms with Gasteiger partial charge in [-0.2, -0.15) is 0 Å². The minimum atomic E-state index is -0.587. The second-order valence-corrected chi connectivity index (χ2v) is 3.94. The number of nitrogens with zero attached hydrogens (tertiary/aromatic N) is 1. The van der Waals surface area contributed by atoms with E-state index >= 15 is 0 Å². The fraction of sp³-hybridized carbons (Fsp3) is 0.111. The molecule has 0 aliphatic heterocycles. The van der Waals surface area contributed by atoms with E-state index in [1.165, 1.54) is 11.3 Å². The molecule has 5 N–H and O–H groups in total. The van der Waals surface area contributed by atoms with Gasteiger partial charge >= 0.3 is 6.03 Å². The first-order valence-electron chi connectivity index (χ1n) is 4.48. The van der Waals surface area contributed by atoms with Gasteiger partial charge in [0, 0.05) is 5.38 Å². The highest BCUT2D eigenvalue weighted by molar-refractivity contribution is 7.13. The lowest BCUT2D eigenvalue weighted by atomic mass is 10.3. The summed E-state index contributed by atoms with van der Waals surface area (Å²) in [4.78, 5) is 14.6. The van der Waals surface area contributed by atoms with Crippen molar-refractivity contribution >= 4 is 22.5 Å². The van der Waals surface area contributed by atoms with Gasteiger partial charge in [0.25, 0.3) is 0 Å². The molecular weight excluding hydrogens is 228 g/mol. The molecule has 7 heteroatoms. The first kappa shape index (κ1) is 10.5. The molecule has 0 aromatic carbocycles. The van der Waals surface area contributed by atoms with E-state index in [4.69, 9.17) is 15.9 Å². The Morgan fingerprint density at radius 1 is 1.56 bits per heavy atom. The van der Waals surface area contributed by atoms with Crippen LogP contribution in [0.1, 0.15) is 5.76 Å². The molecule has 2 aromatic heterocycles. The second kappa shape index (κ2) is 4.23. The van der Waals surface area contributed by atoms with Gasteiger partial charge in [-0.3, -0.25) is 0 Å². The van der Waals surface area contributed by atoms with Gasteiger partial charge in [0.15, 0.2) is 10.9 Å². The Kier molecular flexibility index (Phi) is 2.78. The number of thiazole rings is 1. The Morgan fingerprint density at radius 2 is 2.38 bits per heavy atom. The maximum Gasteiger partial charge on any atom is 0.312 e. The second-order valence-electron chi connectivity index (χ2n) is 3.05. The average molecular weight is 238 g/mol. The minimum absolute atomic E-state index is 0.259. The number of amides is 2. The number of nitrogens with one attached hydrogen (secondary N) is 1. The normalized spacial score (nSPS) is 10.2. The summed E-state index contributed by atoms with van der Waals surface area (Å²) in [5.41, 5.74) is 11.1. The zero-order chi connectivity index (χ0) is 11.5. The van der Waals surface area contributed by atoms with Gasteiger partial charge in [0.1, 0.15) is 11.5 Å². The molecule has 2 rings (SSSR count). The average Bonchev–Trinajstić information content (AvgIpc) is 2.83. The number of nitrogens with two attached hydrogens (primary N) is 2. The molecule has 0 bridgehead atoms. The maximum atomic E-state index is 10.5. The molecule has 0 fully saturated rings. The van der Waals surface area contributed by atoms with Gasteiger partial charge in [0.05, 0.1) is 6.54 Å². The highest BCUT2D eigenvalue weighted by Crippen LogP contribution is 2.24. The van der Waals surface area contributed by atoms with Crippen molar-refractivity contribution in [1.29, 1.82) is 0 Å². The SMILES string of the molecule is NC(=O)NCc1ccc(-c2csc(N)n2)o1. The van der Waals surface area contributed by atoms with Crippen molar-refractivity contribution in [3.8, 4) is 11.5 Å². The Labute approximate surface area is 95.3 Å². The van der Waals surface area contributed by atoms with Crippen LogP contribution in [0.15, 0.2) is 21.9 Å². The molecule has 0 aliphatic rings. The lowest BCUT2D eigenvalue weighted by Gasteiger charge is -1.96. The van der Waals surface area contributed by atoms with E-state index in [0.29, 0.717) is 22.3 Å². The Balaban J connectivity index is 2.10. The van der Waals surface area contributed by atoms with Gasteiger partial charge in [0.2, 0.25) is 0 Å². The summed E-state index contributed by atoms with van der Waals surface area (Å²) in [5.74, 6) is 1.23. The van der Waals surface area contributed by atoms with E-state index in [2.05, 4.69) is 10.3 Å². The third-order valence-corrected chi connectivity index (χ3v) is 2.55. The predicted octanol–water partition coefficient (Wildman–Crippen LogP) is 1.15. The smallest absolute Gasteiger partial charge is 0.312 e. The van der Waals surface area contributed by atoms with E-state index < -0.39 is 6.03 Å². The third kappa shape index (κ3) is 2.31. The van der Waals surface area contributed by atoms with Crippen molar-refractivity contribution in [2.45, 2.75) is 6.54 Å². The minimum Gasteiger partial charge on any atom is -0.458 e. The van der Waals surface area contributed by atoms with E-state index in [1.54, 1.807) is 17.5 Å². The van der Waals surface area contributed by atoms with Gasteiger partial charge < -0.3 is 21.2 Å². The summed E-state index contributed by atoms with van der Waals surface area (Å²) in [5, 5.41) is 4.73. The Bertz CT molecular complexity index is 505. The molecule has 0 atom stereocenters. The molecule has 6 nitrogen and oxygen atoms in total. The van der Waals surface area contributed by atoms with Crippen LogP contribution < -0.4 is 16.8 Å². The topological polar surface area (TPSA) is 107 Å². The van der Waals surface area contributed by atoms with Crippen molar-refractivity contribution in [3.05, 3.63) is 23.3 Å². The fourth-order valence-electron chi connectivity index (χ4n) is 1.19. The zero-order valence-corrected chi connectivity index (χ0v) is 9.08. The number of hydrogen-bond donors (Lipinski definition) is 3. The summed E-state index contributed by atoms with van der Waals surface area (Å²) in [6.45, 7) is 0.259. The zero-order valence-electron chi connectivity index (χ0n) is 8.27. The maximum absolute atomic E-state index is 10.5. The summed E-state index contributed by atoms with van der Waals surface area (Å²) in [6.07, 6.45) is 0. The van der Waals surface area contributed by atoms with Crippen molar-refractivity contribution in [3.63, 3.8) is 0 Å². The highest BCUT2D eigenvalue weighted by Gasteiger charge is 2.08. The summed E-state index contributed by atoms with van der Waals surface area (Å²) in [6, 6.07) is 2.93. The number of anilines is 1. The van der Waals surface area contributed by atoms with Crippen LogP contribution in [0, 0.1) is 0 Å². The van der Waals surface area contributed by atoms with Crippen molar-refractivity contribution in [2.24, 2.45) is 5.73 Å². The first-order valence-corrected chi connectivity index (χ1v) is 5.36. The molecule has 0 unspecified atom stereocenters.